The van der Waals surface area contributed by atoms with Gasteiger partial charge in [0.1, 0.15) is 0 Å². The monoisotopic (exact) mass is 353 g/mol. The van der Waals surface area contributed by atoms with Crippen LogP contribution in [0.25, 0.3) is 0 Å². The van der Waals surface area contributed by atoms with Gasteiger partial charge in [0.15, 0.2) is 18.1 Å². The summed E-state index contributed by atoms with van der Waals surface area (Å²) in [6, 6.07) is 15.2. The molecule has 0 radical (unpaired) electrons. The lowest BCUT2D eigenvalue weighted by molar-refractivity contribution is -0.118. The van der Waals surface area contributed by atoms with Crippen molar-refractivity contribution in [3.63, 3.8) is 0 Å². The second-order valence-corrected chi connectivity index (χ2v) is 5.65. The molecule has 3 rings (SSSR count). The van der Waals surface area contributed by atoms with Crippen molar-refractivity contribution in [1.82, 2.24) is 10.2 Å². The summed E-state index contributed by atoms with van der Waals surface area (Å²) >= 11 is 0. The third-order valence-electron chi connectivity index (χ3n) is 3.62. The molecule has 134 valence electrons. The quantitative estimate of drug-likeness (QED) is 0.703. The number of carbonyl (C=O) groups excluding carboxylic acids is 1. The first kappa shape index (κ1) is 17.5. The number of rotatable bonds is 7. The minimum atomic E-state index is -0.401. The second-order valence-electron chi connectivity index (χ2n) is 5.65. The second kappa shape index (κ2) is 8.15. The molecule has 0 aliphatic rings. The van der Waals surface area contributed by atoms with Gasteiger partial charge in [-0.1, -0.05) is 47.1 Å². The summed E-state index contributed by atoms with van der Waals surface area (Å²) in [6.45, 7) is 1.83. The highest BCUT2D eigenvalue weighted by Gasteiger charge is 2.12. The number of nitrogens with one attached hydrogen (secondary N) is 1. The van der Waals surface area contributed by atoms with Gasteiger partial charge in [-0.2, -0.15) is 0 Å². The number of nitrogens with zero attached hydrogens (tertiary/aromatic N) is 2. The van der Waals surface area contributed by atoms with Crippen LogP contribution in [0.3, 0.4) is 0 Å². The van der Waals surface area contributed by atoms with Crippen molar-refractivity contribution < 1.29 is 18.7 Å². The van der Waals surface area contributed by atoms with Crippen LogP contribution in [0, 0.1) is 6.92 Å². The number of anilines is 1. The Kier molecular flexibility index (Phi) is 5.48. The first-order valence-electron chi connectivity index (χ1n) is 8.07. The molecule has 0 atom stereocenters. The van der Waals surface area contributed by atoms with Gasteiger partial charge in [-0.15, -0.1) is 5.10 Å². The van der Waals surface area contributed by atoms with E-state index in [9.17, 15) is 4.79 Å². The zero-order valence-electron chi connectivity index (χ0n) is 14.6. The molecule has 0 saturated carbocycles. The fourth-order valence-corrected chi connectivity index (χ4v) is 2.29. The smallest absolute Gasteiger partial charge is 0.322 e. The van der Waals surface area contributed by atoms with Gasteiger partial charge >= 0.3 is 6.01 Å². The Morgan fingerprint density at radius 2 is 1.81 bits per heavy atom. The van der Waals surface area contributed by atoms with Crippen molar-refractivity contribution in [2.45, 2.75) is 13.3 Å². The molecule has 3 aromatic rings. The van der Waals surface area contributed by atoms with E-state index in [1.165, 1.54) is 12.7 Å². The molecule has 26 heavy (non-hydrogen) atoms. The molecule has 7 nitrogen and oxygen atoms in total. The number of ether oxygens (including phenoxy) is 2. The maximum Gasteiger partial charge on any atom is 0.322 e. The van der Waals surface area contributed by atoms with Crippen LogP contribution in [0.4, 0.5) is 6.01 Å². The number of benzene rings is 2. The topological polar surface area (TPSA) is 86.5 Å². The van der Waals surface area contributed by atoms with E-state index in [-0.39, 0.29) is 12.6 Å². The van der Waals surface area contributed by atoms with Crippen LogP contribution >= 0.6 is 0 Å². The minimum Gasteiger partial charge on any atom is -0.493 e. The average molecular weight is 353 g/mol. The molecule has 0 spiro atoms. The molecular weight excluding hydrogens is 334 g/mol. The van der Waals surface area contributed by atoms with Crippen molar-refractivity contribution in [2.24, 2.45) is 0 Å². The standard InChI is InChI=1S/C19H19N3O4/c1-13-7-9-14(10-8-13)11-18-21-22-19(26-18)20-17(23)12-25-16-6-4-3-5-15(16)24-2/h3-10H,11-12H2,1-2H3,(H,20,22,23). The number of para-hydroxylation sites is 2. The van der Waals surface area contributed by atoms with Gasteiger partial charge in [0.25, 0.3) is 5.91 Å². The summed E-state index contributed by atoms with van der Waals surface area (Å²) in [5.41, 5.74) is 2.24. The summed E-state index contributed by atoms with van der Waals surface area (Å²) in [6.07, 6.45) is 0.501. The maximum atomic E-state index is 12.0. The Bertz CT molecular complexity index is 875. The summed E-state index contributed by atoms with van der Waals surface area (Å²) in [7, 11) is 1.54. The van der Waals surface area contributed by atoms with Gasteiger partial charge in [-0.3, -0.25) is 10.1 Å². The van der Waals surface area contributed by atoms with Crippen LogP contribution in [0.2, 0.25) is 0 Å². The van der Waals surface area contributed by atoms with Crippen LogP contribution in [-0.2, 0) is 11.2 Å². The van der Waals surface area contributed by atoms with Gasteiger partial charge in [-0.05, 0) is 24.6 Å². The van der Waals surface area contributed by atoms with Crippen LogP contribution in [-0.4, -0.2) is 29.8 Å². The lowest BCUT2D eigenvalue weighted by Gasteiger charge is -2.09. The number of aryl methyl sites for hydroxylation is 1. The number of carbonyl (C=O) groups is 1. The van der Waals surface area contributed by atoms with E-state index < -0.39 is 5.91 Å². The Hall–Kier alpha value is -3.35. The SMILES string of the molecule is COc1ccccc1OCC(=O)Nc1nnc(Cc2ccc(C)cc2)o1. The van der Waals surface area contributed by atoms with Crippen molar-refractivity contribution in [3.05, 3.63) is 65.5 Å². The fraction of sp³-hybridized carbons (Fsp3) is 0.211. The Balaban J connectivity index is 1.53. The molecule has 0 saturated heterocycles. The first-order chi connectivity index (χ1) is 12.6. The van der Waals surface area contributed by atoms with E-state index in [4.69, 9.17) is 13.9 Å². The normalized spacial score (nSPS) is 10.4. The number of methoxy groups -OCH3 is 1. The number of amides is 1. The first-order valence-corrected chi connectivity index (χ1v) is 8.07. The van der Waals surface area contributed by atoms with Gasteiger partial charge in [0.05, 0.1) is 13.5 Å². The zero-order valence-corrected chi connectivity index (χ0v) is 14.6. The predicted molar refractivity (Wildman–Crippen MR) is 95.4 cm³/mol. The highest BCUT2D eigenvalue weighted by Crippen LogP contribution is 2.25. The molecule has 7 heteroatoms. The largest absolute Gasteiger partial charge is 0.493 e. The van der Waals surface area contributed by atoms with E-state index in [0.717, 1.165) is 5.56 Å². The summed E-state index contributed by atoms with van der Waals surface area (Å²) in [4.78, 5) is 12.0. The van der Waals surface area contributed by atoms with Gasteiger partial charge < -0.3 is 13.9 Å². The van der Waals surface area contributed by atoms with Crippen LogP contribution in [0.1, 0.15) is 17.0 Å². The van der Waals surface area contributed by atoms with Crippen molar-refractivity contribution in [3.8, 4) is 11.5 Å². The highest BCUT2D eigenvalue weighted by molar-refractivity contribution is 5.89. The van der Waals surface area contributed by atoms with Gasteiger partial charge in [-0.25, -0.2) is 0 Å². The molecule has 0 bridgehead atoms. The zero-order chi connectivity index (χ0) is 18.4. The Morgan fingerprint density at radius 1 is 1.08 bits per heavy atom. The molecule has 1 heterocycles. The van der Waals surface area contributed by atoms with E-state index in [0.29, 0.717) is 23.8 Å². The Morgan fingerprint density at radius 3 is 2.54 bits per heavy atom. The molecule has 2 aromatic carbocycles. The molecule has 1 N–H and O–H groups in total. The third-order valence-corrected chi connectivity index (χ3v) is 3.62. The summed E-state index contributed by atoms with van der Waals surface area (Å²) in [5, 5.41) is 10.3. The van der Waals surface area contributed by atoms with Gasteiger partial charge in [0.2, 0.25) is 5.89 Å². The minimum absolute atomic E-state index is 0.0424. The van der Waals surface area contributed by atoms with Crippen molar-refractivity contribution in [1.29, 1.82) is 0 Å². The average Bonchev–Trinajstić information content (AvgIpc) is 3.09. The molecule has 1 amide bonds. The van der Waals surface area contributed by atoms with E-state index in [1.807, 2.05) is 37.3 Å². The molecule has 0 unspecified atom stereocenters. The highest BCUT2D eigenvalue weighted by atomic mass is 16.5. The number of aromatic nitrogens is 2. The van der Waals surface area contributed by atoms with E-state index in [1.54, 1.807) is 18.2 Å². The third kappa shape index (κ3) is 4.60. The fourth-order valence-electron chi connectivity index (χ4n) is 2.29. The molecule has 0 aliphatic heterocycles. The lowest BCUT2D eigenvalue weighted by Crippen LogP contribution is -2.20. The van der Waals surface area contributed by atoms with E-state index >= 15 is 0 Å². The number of hydrogen-bond acceptors (Lipinski definition) is 6. The summed E-state index contributed by atoms with van der Waals surface area (Å²) in [5.74, 6) is 1.06. The van der Waals surface area contributed by atoms with Crippen molar-refractivity contribution >= 4 is 11.9 Å². The van der Waals surface area contributed by atoms with Crippen LogP contribution in [0.15, 0.2) is 52.9 Å². The summed E-state index contributed by atoms with van der Waals surface area (Å²) < 4.78 is 16.1. The molecule has 0 aliphatic carbocycles. The molecular formula is C19H19N3O4. The van der Waals surface area contributed by atoms with Gasteiger partial charge in [0, 0.05) is 0 Å². The predicted octanol–water partition coefficient (Wildman–Crippen LogP) is 2.99. The van der Waals surface area contributed by atoms with Crippen molar-refractivity contribution in [2.75, 3.05) is 19.0 Å². The van der Waals surface area contributed by atoms with E-state index in [2.05, 4.69) is 15.5 Å². The lowest BCUT2D eigenvalue weighted by atomic mass is 10.1. The van der Waals surface area contributed by atoms with Crippen LogP contribution in [0.5, 0.6) is 11.5 Å². The molecule has 0 fully saturated rings. The Labute approximate surface area is 151 Å². The molecule has 1 aromatic heterocycles. The number of hydrogen-bond donors (Lipinski definition) is 1. The van der Waals surface area contributed by atoms with Crippen LogP contribution < -0.4 is 14.8 Å². The maximum absolute atomic E-state index is 12.0.